The molecular weight excluding hydrogens is 364 g/mol. The summed E-state index contributed by atoms with van der Waals surface area (Å²) in [6.45, 7) is 4.89. The first-order valence-corrected chi connectivity index (χ1v) is 8.11. The van der Waals surface area contributed by atoms with Gasteiger partial charge in [-0.2, -0.15) is 0 Å². The zero-order chi connectivity index (χ0) is 17.0. The molecule has 1 saturated heterocycles. The lowest BCUT2D eigenvalue weighted by atomic mass is 10.1. The van der Waals surface area contributed by atoms with Crippen molar-refractivity contribution in [3.63, 3.8) is 0 Å². The highest BCUT2D eigenvalue weighted by Crippen LogP contribution is 2.29. The van der Waals surface area contributed by atoms with Gasteiger partial charge in [0, 0.05) is 47.7 Å². The summed E-state index contributed by atoms with van der Waals surface area (Å²) in [7, 11) is 0. The molecule has 0 aliphatic carbocycles. The van der Waals surface area contributed by atoms with E-state index in [-0.39, 0.29) is 17.5 Å². The van der Waals surface area contributed by atoms with Gasteiger partial charge in [0.25, 0.3) is 0 Å². The van der Waals surface area contributed by atoms with Gasteiger partial charge < -0.3 is 14.7 Å². The largest absolute Gasteiger partial charge is 0.478 e. The molecule has 7 heteroatoms. The van der Waals surface area contributed by atoms with Crippen LogP contribution in [0.1, 0.15) is 25.8 Å². The van der Waals surface area contributed by atoms with Gasteiger partial charge in [0.05, 0.1) is 6.61 Å². The van der Waals surface area contributed by atoms with Gasteiger partial charge in [-0.15, -0.1) is 0 Å². The minimum Gasteiger partial charge on any atom is -0.478 e. The number of esters is 1. The normalized spacial score (nSPS) is 18.1. The Morgan fingerprint density at radius 3 is 2.91 bits per heavy atom. The van der Waals surface area contributed by atoms with Crippen molar-refractivity contribution >= 4 is 39.8 Å². The van der Waals surface area contributed by atoms with E-state index in [9.17, 15) is 9.59 Å². The third-order valence-electron chi connectivity index (χ3n) is 3.68. The molecule has 0 saturated carbocycles. The fourth-order valence-electron chi connectivity index (χ4n) is 2.51. The summed E-state index contributed by atoms with van der Waals surface area (Å²) in [5.41, 5.74) is 1.01. The van der Waals surface area contributed by atoms with E-state index >= 15 is 0 Å². The van der Waals surface area contributed by atoms with Crippen LogP contribution in [-0.4, -0.2) is 41.7 Å². The average Bonchev–Trinajstić information content (AvgIpc) is 2.93. The van der Waals surface area contributed by atoms with Crippen molar-refractivity contribution in [1.82, 2.24) is 4.98 Å². The van der Waals surface area contributed by atoms with Gasteiger partial charge in [0.2, 0.25) is 0 Å². The van der Waals surface area contributed by atoms with E-state index in [2.05, 4.69) is 25.8 Å². The van der Waals surface area contributed by atoms with E-state index < -0.39 is 5.97 Å². The lowest BCUT2D eigenvalue weighted by Gasteiger charge is -2.20. The molecular formula is C16H19BrN2O4. The Kier molecular flexibility index (Phi) is 5.76. The summed E-state index contributed by atoms with van der Waals surface area (Å²) in [4.78, 5) is 28.5. The number of pyridine rings is 1. The van der Waals surface area contributed by atoms with Crippen molar-refractivity contribution in [2.45, 2.75) is 20.3 Å². The number of nitrogens with zero attached hydrogens (tertiary/aromatic N) is 2. The summed E-state index contributed by atoms with van der Waals surface area (Å²) in [5.74, 6) is -0.211. The molecule has 2 rings (SSSR count). The molecule has 6 nitrogen and oxygen atoms in total. The zero-order valence-electron chi connectivity index (χ0n) is 13.1. The second-order valence-electron chi connectivity index (χ2n) is 5.60. The molecule has 0 radical (unpaired) electrons. The van der Waals surface area contributed by atoms with E-state index in [4.69, 9.17) is 9.84 Å². The van der Waals surface area contributed by atoms with Crippen molar-refractivity contribution in [2.24, 2.45) is 5.92 Å². The number of hydrogen-bond donors (Lipinski definition) is 1. The van der Waals surface area contributed by atoms with Crippen LogP contribution in [0.15, 0.2) is 22.3 Å². The molecule has 1 unspecified atom stereocenters. The van der Waals surface area contributed by atoms with Crippen LogP contribution in [0.4, 0.5) is 5.82 Å². The molecule has 23 heavy (non-hydrogen) atoms. The number of carbonyl (C=O) groups excluding carboxylic acids is 1. The molecule has 124 valence electrons. The number of aromatic nitrogens is 1. The Balaban J connectivity index is 2.18. The van der Waals surface area contributed by atoms with Gasteiger partial charge in [0.15, 0.2) is 0 Å². The fraction of sp³-hybridized carbons (Fsp3) is 0.438. The van der Waals surface area contributed by atoms with Gasteiger partial charge in [-0.25, -0.2) is 9.78 Å². The van der Waals surface area contributed by atoms with Gasteiger partial charge in [-0.05, 0) is 41.4 Å². The number of halogens is 1. The van der Waals surface area contributed by atoms with E-state index in [1.54, 1.807) is 19.2 Å². The van der Waals surface area contributed by atoms with Crippen LogP contribution in [-0.2, 0) is 14.3 Å². The monoisotopic (exact) mass is 382 g/mol. The SMILES string of the molecule is CC(=O)OCC1CCN(c2ncc(Br)cc2/C=C(\C)C(=O)O)C1. The Bertz CT molecular complexity index is 645. The molecule has 1 N–H and O–H groups in total. The Morgan fingerprint density at radius 2 is 2.26 bits per heavy atom. The number of carboxylic acid groups (broad SMARTS) is 1. The highest BCUT2D eigenvalue weighted by molar-refractivity contribution is 9.10. The molecule has 2 heterocycles. The summed E-state index contributed by atoms with van der Waals surface area (Å²) < 4.78 is 5.87. The lowest BCUT2D eigenvalue weighted by molar-refractivity contribution is -0.142. The minimum absolute atomic E-state index is 0.252. The molecule has 1 aliphatic heterocycles. The van der Waals surface area contributed by atoms with E-state index in [1.165, 1.54) is 6.92 Å². The maximum Gasteiger partial charge on any atom is 0.331 e. The third-order valence-corrected chi connectivity index (χ3v) is 4.11. The number of aliphatic carboxylic acids is 1. The van der Waals surface area contributed by atoms with Crippen LogP contribution < -0.4 is 4.90 Å². The molecule has 1 aromatic rings. The van der Waals surface area contributed by atoms with Gasteiger partial charge in [-0.1, -0.05) is 0 Å². The summed E-state index contributed by atoms with van der Waals surface area (Å²) in [6, 6.07) is 1.86. The van der Waals surface area contributed by atoms with Crippen LogP contribution in [0.2, 0.25) is 0 Å². The Morgan fingerprint density at radius 1 is 1.52 bits per heavy atom. The maximum absolute atomic E-state index is 11.1. The standard InChI is InChI=1S/C16H19BrN2O4/c1-10(16(21)22)5-13-6-14(17)7-18-15(13)19-4-3-12(8-19)9-23-11(2)20/h5-7,12H,3-4,8-9H2,1-2H3,(H,21,22)/b10-5+. The van der Waals surface area contributed by atoms with Crippen LogP contribution in [0, 0.1) is 5.92 Å². The number of ether oxygens (including phenoxy) is 1. The molecule has 0 amide bonds. The van der Waals surface area contributed by atoms with Gasteiger partial charge in [-0.3, -0.25) is 4.79 Å². The second-order valence-corrected chi connectivity index (χ2v) is 6.52. The maximum atomic E-state index is 11.1. The zero-order valence-corrected chi connectivity index (χ0v) is 14.7. The lowest BCUT2D eigenvalue weighted by Crippen LogP contribution is -2.23. The van der Waals surface area contributed by atoms with Crippen molar-refractivity contribution in [3.8, 4) is 0 Å². The molecule has 0 bridgehead atoms. The highest BCUT2D eigenvalue weighted by atomic mass is 79.9. The minimum atomic E-state index is -0.954. The number of carboxylic acids is 1. The fourth-order valence-corrected chi connectivity index (χ4v) is 2.86. The first-order chi connectivity index (χ1) is 10.9. The number of carbonyl (C=O) groups is 2. The number of rotatable bonds is 5. The van der Waals surface area contributed by atoms with E-state index in [0.29, 0.717) is 6.61 Å². The number of anilines is 1. The van der Waals surface area contributed by atoms with Crippen molar-refractivity contribution < 1.29 is 19.4 Å². The van der Waals surface area contributed by atoms with Crippen LogP contribution in [0.25, 0.3) is 6.08 Å². The topological polar surface area (TPSA) is 79.7 Å². The molecule has 1 aromatic heterocycles. The molecule has 1 fully saturated rings. The summed E-state index contributed by atoms with van der Waals surface area (Å²) >= 11 is 3.37. The van der Waals surface area contributed by atoms with Gasteiger partial charge >= 0.3 is 11.9 Å². The summed E-state index contributed by atoms with van der Waals surface area (Å²) in [6.07, 6.45) is 4.23. The molecule has 0 aromatic carbocycles. The smallest absolute Gasteiger partial charge is 0.331 e. The first-order valence-electron chi connectivity index (χ1n) is 7.32. The molecule has 0 spiro atoms. The summed E-state index contributed by atoms with van der Waals surface area (Å²) in [5, 5.41) is 9.07. The first kappa shape index (κ1) is 17.5. The van der Waals surface area contributed by atoms with E-state index in [1.807, 2.05) is 6.07 Å². The Labute approximate surface area is 143 Å². The quantitative estimate of drug-likeness (QED) is 0.622. The molecule has 1 atom stereocenters. The Hall–Kier alpha value is -1.89. The van der Waals surface area contributed by atoms with Crippen molar-refractivity contribution in [3.05, 3.63) is 27.9 Å². The van der Waals surface area contributed by atoms with Crippen LogP contribution >= 0.6 is 15.9 Å². The van der Waals surface area contributed by atoms with Crippen molar-refractivity contribution in [2.75, 3.05) is 24.6 Å². The van der Waals surface area contributed by atoms with Crippen LogP contribution in [0.3, 0.4) is 0 Å². The second kappa shape index (κ2) is 7.59. The van der Waals surface area contributed by atoms with E-state index in [0.717, 1.165) is 35.4 Å². The predicted molar refractivity (Wildman–Crippen MR) is 90.2 cm³/mol. The average molecular weight is 383 g/mol. The van der Waals surface area contributed by atoms with Crippen LogP contribution in [0.5, 0.6) is 0 Å². The highest BCUT2D eigenvalue weighted by Gasteiger charge is 2.26. The predicted octanol–water partition coefficient (Wildman–Crippen LogP) is 2.72. The van der Waals surface area contributed by atoms with Gasteiger partial charge in [0.1, 0.15) is 5.82 Å². The van der Waals surface area contributed by atoms with Crippen molar-refractivity contribution in [1.29, 1.82) is 0 Å². The third kappa shape index (κ3) is 4.79. The molecule has 1 aliphatic rings. The number of hydrogen-bond acceptors (Lipinski definition) is 5.